The van der Waals surface area contributed by atoms with Gasteiger partial charge in [-0.3, -0.25) is 24.9 Å². The third-order valence-corrected chi connectivity index (χ3v) is 6.22. The van der Waals surface area contributed by atoms with Crippen molar-refractivity contribution < 1.29 is 4.92 Å². The lowest BCUT2D eigenvalue weighted by Gasteiger charge is -2.39. The largest absolute Gasteiger partial charge is 0.378 e. The lowest BCUT2D eigenvalue weighted by molar-refractivity contribution is -0.384. The fourth-order valence-corrected chi connectivity index (χ4v) is 4.67. The first kappa shape index (κ1) is 22.9. The second-order valence-corrected chi connectivity index (χ2v) is 8.53. The smallest absolute Gasteiger partial charge is 0.313 e. The van der Waals surface area contributed by atoms with E-state index in [4.69, 9.17) is 0 Å². The molecule has 0 saturated carbocycles. The van der Waals surface area contributed by atoms with Crippen LogP contribution in [0.2, 0.25) is 0 Å². The van der Waals surface area contributed by atoms with E-state index < -0.39 is 0 Å². The van der Waals surface area contributed by atoms with Gasteiger partial charge in [-0.15, -0.1) is 0 Å². The number of piperazine rings is 1. The van der Waals surface area contributed by atoms with E-state index in [0.717, 1.165) is 38.4 Å². The lowest BCUT2D eigenvalue weighted by Crippen LogP contribution is -2.48. The Labute approximate surface area is 195 Å². The monoisotopic (exact) mass is 445 g/mol. The zero-order chi connectivity index (χ0) is 23.2. The van der Waals surface area contributed by atoms with Gasteiger partial charge in [0.1, 0.15) is 11.4 Å². The molecule has 7 nitrogen and oxygen atoms in total. The highest BCUT2D eigenvalue weighted by atomic mass is 16.6. The molecular weight excluding hydrogens is 414 g/mol. The van der Waals surface area contributed by atoms with Gasteiger partial charge in [-0.05, 0) is 31.0 Å². The van der Waals surface area contributed by atoms with Crippen LogP contribution in [0.1, 0.15) is 28.6 Å². The van der Waals surface area contributed by atoms with E-state index in [9.17, 15) is 10.1 Å². The van der Waals surface area contributed by atoms with Gasteiger partial charge in [0.15, 0.2) is 0 Å². The summed E-state index contributed by atoms with van der Waals surface area (Å²) in [6.45, 7) is 8.92. The van der Waals surface area contributed by atoms with Crippen LogP contribution in [0.15, 0.2) is 66.7 Å². The second kappa shape index (κ2) is 10.6. The summed E-state index contributed by atoms with van der Waals surface area (Å²) in [5, 5.41) is 14.7. The third-order valence-electron chi connectivity index (χ3n) is 6.22. The van der Waals surface area contributed by atoms with Crippen LogP contribution in [0.25, 0.3) is 0 Å². The normalized spacial score (nSPS) is 15.0. The molecule has 1 aromatic heterocycles. The van der Waals surface area contributed by atoms with Crippen molar-refractivity contribution in [2.75, 3.05) is 44.6 Å². The quantitative estimate of drug-likeness (QED) is 0.409. The number of aromatic nitrogens is 1. The summed E-state index contributed by atoms with van der Waals surface area (Å²) in [7, 11) is 0. The predicted octanol–water partition coefficient (Wildman–Crippen LogP) is 4.43. The molecule has 0 aliphatic carbocycles. The van der Waals surface area contributed by atoms with E-state index in [0.29, 0.717) is 17.9 Å². The Morgan fingerprint density at radius 3 is 2.09 bits per heavy atom. The highest BCUT2D eigenvalue weighted by Crippen LogP contribution is 2.30. The van der Waals surface area contributed by atoms with Crippen LogP contribution in [0.5, 0.6) is 0 Å². The summed E-state index contributed by atoms with van der Waals surface area (Å²) in [4.78, 5) is 20.3. The molecule has 2 heterocycles. The van der Waals surface area contributed by atoms with Crippen LogP contribution < -0.4 is 5.32 Å². The highest BCUT2D eigenvalue weighted by molar-refractivity contribution is 5.64. The Bertz CT molecular complexity index is 1030. The number of anilines is 1. The molecule has 0 spiro atoms. The van der Waals surface area contributed by atoms with Crippen molar-refractivity contribution in [1.29, 1.82) is 0 Å². The molecule has 1 N–H and O–H groups in total. The molecule has 33 heavy (non-hydrogen) atoms. The van der Waals surface area contributed by atoms with Crippen molar-refractivity contribution >= 4 is 11.4 Å². The number of nitro groups is 1. The molecule has 172 valence electrons. The van der Waals surface area contributed by atoms with Crippen LogP contribution in [-0.2, 0) is 0 Å². The van der Waals surface area contributed by atoms with Gasteiger partial charge in [-0.25, -0.2) is 0 Å². The zero-order valence-electron chi connectivity index (χ0n) is 19.3. The van der Waals surface area contributed by atoms with Gasteiger partial charge >= 0.3 is 5.69 Å². The van der Waals surface area contributed by atoms with E-state index in [2.05, 4.69) is 80.8 Å². The summed E-state index contributed by atoms with van der Waals surface area (Å²) in [6.07, 6.45) is 0. The van der Waals surface area contributed by atoms with Gasteiger partial charge in [0.05, 0.1) is 11.0 Å². The van der Waals surface area contributed by atoms with Crippen LogP contribution in [0.3, 0.4) is 0 Å². The molecule has 0 radical (unpaired) electrons. The van der Waals surface area contributed by atoms with Crippen molar-refractivity contribution in [1.82, 2.24) is 14.8 Å². The number of benzene rings is 2. The second-order valence-electron chi connectivity index (χ2n) is 8.53. The first-order chi connectivity index (χ1) is 16.0. The number of nitrogens with one attached hydrogen (secondary N) is 1. The molecule has 1 aliphatic rings. The first-order valence-electron chi connectivity index (χ1n) is 11.5. The summed E-state index contributed by atoms with van der Waals surface area (Å²) in [5.74, 6) is 0. The summed E-state index contributed by atoms with van der Waals surface area (Å²) >= 11 is 0. The van der Waals surface area contributed by atoms with Gasteiger partial charge in [0.25, 0.3) is 0 Å². The molecule has 2 aromatic carbocycles. The molecule has 4 rings (SSSR count). The van der Waals surface area contributed by atoms with Crippen molar-refractivity contribution in [3.05, 3.63) is 99.4 Å². The Hall–Kier alpha value is -3.29. The summed E-state index contributed by atoms with van der Waals surface area (Å²) < 4.78 is 0. The van der Waals surface area contributed by atoms with Gasteiger partial charge in [0, 0.05) is 45.0 Å². The maximum absolute atomic E-state index is 11.5. The number of aryl methyl sites for hydroxylation is 2. The first-order valence-corrected chi connectivity index (χ1v) is 11.5. The number of hydrogen-bond acceptors (Lipinski definition) is 6. The average Bonchev–Trinajstić information content (AvgIpc) is 2.81. The van der Waals surface area contributed by atoms with Gasteiger partial charge in [0.2, 0.25) is 0 Å². The summed E-state index contributed by atoms with van der Waals surface area (Å²) in [5.41, 5.74) is 4.48. The molecule has 0 bridgehead atoms. The maximum atomic E-state index is 11.5. The van der Waals surface area contributed by atoms with E-state index in [-0.39, 0.29) is 16.7 Å². The van der Waals surface area contributed by atoms with Crippen molar-refractivity contribution in [3.63, 3.8) is 0 Å². The number of rotatable bonds is 8. The van der Waals surface area contributed by atoms with E-state index >= 15 is 0 Å². The van der Waals surface area contributed by atoms with Crippen LogP contribution >= 0.6 is 0 Å². The minimum absolute atomic E-state index is 0.0685. The number of nitrogens with zero attached hydrogens (tertiary/aromatic N) is 4. The third kappa shape index (κ3) is 5.56. The van der Waals surface area contributed by atoms with Crippen LogP contribution in [-0.4, -0.2) is 59.0 Å². The Kier molecular flexibility index (Phi) is 7.32. The van der Waals surface area contributed by atoms with Gasteiger partial charge in [-0.2, -0.15) is 0 Å². The molecule has 7 heteroatoms. The molecule has 1 fully saturated rings. The molecule has 1 aliphatic heterocycles. The highest BCUT2D eigenvalue weighted by Gasteiger charge is 2.26. The molecule has 3 aromatic rings. The number of hydrogen-bond donors (Lipinski definition) is 1. The molecular formula is C26H31N5O2. The van der Waals surface area contributed by atoms with E-state index in [1.54, 1.807) is 13.0 Å². The van der Waals surface area contributed by atoms with Gasteiger partial charge in [-0.1, -0.05) is 60.7 Å². The Morgan fingerprint density at radius 1 is 0.970 bits per heavy atom. The van der Waals surface area contributed by atoms with Crippen LogP contribution in [0, 0.1) is 24.0 Å². The molecule has 0 unspecified atom stereocenters. The summed E-state index contributed by atoms with van der Waals surface area (Å²) in [6, 6.07) is 23.4. The Balaban J connectivity index is 1.37. The van der Waals surface area contributed by atoms with E-state index in [1.807, 2.05) is 6.92 Å². The lowest BCUT2D eigenvalue weighted by atomic mass is 9.96. The van der Waals surface area contributed by atoms with Crippen molar-refractivity contribution in [3.8, 4) is 0 Å². The predicted molar refractivity (Wildman–Crippen MR) is 132 cm³/mol. The molecule has 0 amide bonds. The van der Waals surface area contributed by atoms with E-state index in [1.165, 1.54) is 11.1 Å². The fourth-order valence-electron chi connectivity index (χ4n) is 4.67. The Morgan fingerprint density at radius 2 is 1.55 bits per heavy atom. The van der Waals surface area contributed by atoms with Crippen LogP contribution in [0.4, 0.5) is 11.4 Å². The minimum Gasteiger partial charge on any atom is -0.378 e. The topological polar surface area (TPSA) is 74.5 Å². The molecule has 1 saturated heterocycles. The van der Waals surface area contributed by atoms with Crippen molar-refractivity contribution in [2.45, 2.75) is 19.9 Å². The zero-order valence-corrected chi connectivity index (χ0v) is 19.3. The fraction of sp³-hybridized carbons (Fsp3) is 0.346. The molecule has 0 atom stereocenters. The van der Waals surface area contributed by atoms with Crippen molar-refractivity contribution in [2.24, 2.45) is 0 Å². The minimum atomic E-state index is -0.351. The van der Waals surface area contributed by atoms with Gasteiger partial charge < -0.3 is 5.32 Å². The average molecular weight is 446 g/mol. The SMILES string of the molecule is Cc1cc(NCCN2CCN(C(c3ccccc3)c3ccccc3)CC2)c([N+](=O)[O-])c(C)n1. The maximum Gasteiger partial charge on any atom is 0.313 e. The number of pyridine rings is 1. The standard InChI is InChI=1S/C26H31N5O2/c1-20-19-24(25(31(32)33)21(2)28-20)27-13-14-29-15-17-30(18-16-29)26(22-9-5-3-6-10-22)23-11-7-4-8-12-23/h3-12,19,26H,13-18H2,1-2H3,(H,27,28).